The Morgan fingerprint density at radius 2 is 2.00 bits per heavy atom. The van der Waals surface area contributed by atoms with Gasteiger partial charge in [0.05, 0.1) is 0 Å². The average Bonchev–Trinajstić information content (AvgIpc) is 1.65. The van der Waals surface area contributed by atoms with Crippen LogP contribution in [-0.2, 0) is 9.59 Å². The molecule has 0 saturated heterocycles. The number of carbonyl (C=O) groups is 3. The zero-order chi connectivity index (χ0) is 6.57. The maximum atomic E-state index is 9.84. The SMILES string of the molecule is NC(=O)NC(=O)C=O. The molecule has 0 atom stereocenters. The normalized spacial score (nSPS) is 7.50. The lowest BCUT2D eigenvalue weighted by Crippen LogP contribution is -2.35. The maximum Gasteiger partial charge on any atom is 0.319 e. The summed E-state index contributed by atoms with van der Waals surface area (Å²) in [6.45, 7) is 0. The monoisotopic (exact) mass is 116 g/mol. The highest BCUT2D eigenvalue weighted by Gasteiger charge is 1.97. The molecule has 0 aliphatic rings. The fraction of sp³-hybridized carbons (Fsp3) is 0. The van der Waals surface area contributed by atoms with Crippen molar-refractivity contribution in [3.05, 3.63) is 0 Å². The number of imide groups is 1. The van der Waals surface area contributed by atoms with E-state index in [2.05, 4.69) is 5.73 Å². The van der Waals surface area contributed by atoms with Crippen molar-refractivity contribution in [1.29, 1.82) is 0 Å². The minimum absolute atomic E-state index is 0.0369. The van der Waals surface area contributed by atoms with Gasteiger partial charge in [-0.15, -0.1) is 0 Å². The number of nitrogens with one attached hydrogen (secondary N) is 1. The van der Waals surface area contributed by atoms with E-state index >= 15 is 0 Å². The van der Waals surface area contributed by atoms with Crippen molar-refractivity contribution in [2.24, 2.45) is 5.73 Å². The van der Waals surface area contributed by atoms with Crippen molar-refractivity contribution < 1.29 is 14.4 Å². The second kappa shape index (κ2) is 2.73. The van der Waals surface area contributed by atoms with Gasteiger partial charge in [-0.25, -0.2) is 4.79 Å². The molecule has 5 nitrogen and oxygen atoms in total. The Hall–Kier alpha value is -1.39. The third-order valence-corrected chi connectivity index (χ3v) is 0.353. The molecule has 0 heterocycles. The molecule has 0 saturated carbocycles. The van der Waals surface area contributed by atoms with Crippen LogP contribution in [0, 0.1) is 0 Å². The summed E-state index contributed by atoms with van der Waals surface area (Å²) in [4.78, 5) is 29.0. The van der Waals surface area contributed by atoms with E-state index in [1.165, 1.54) is 5.32 Å². The molecule has 0 bridgehead atoms. The van der Waals surface area contributed by atoms with Crippen molar-refractivity contribution >= 4 is 18.2 Å². The molecule has 0 aromatic heterocycles. The number of amides is 3. The molecule has 0 spiro atoms. The number of nitrogens with two attached hydrogens (primary N) is 1. The third-order valence-electron chi connectivity index (χ3n) is 0.353. The quantitative estimate of drug-likeness (QED) is 0.318. The molecule has 0 aliphatic heterocycles. The van der Waals surface area contributed by atoms with Crippen LogP contribution in [0.4, 0.5) is 4.79 Å². The average molecular weight is 116 g/mol. The van der Waals surface area contributed by atoms with E-state index in [0.717, 1.165) is 0 Å². The highest BCUT2D eigenvalue weighted by Crippen LogP contribution is 1.53. The summed E-state index contributed by atoms with van der Waals surface area (Å²) in [6, 6.07) is -1.03. The van der Waals surface area contributed by atoms with Crippen LogP contribution in [0.15, 0.2) is 0 Å². The van der Waals surface area contributed by atoms with Gasteiger partial charge in [0.25, 0.3) is 5.91 Å². The zero-order valence-corrected chi connectivity index (χ0v) is 3.88. The predicted molar refractivity (Wildman–Crippen MR) is 23.8 cm³/mol. The number of urea groups is 1. The number of rotatable bonds is 1. The second-order valence-corrected chi connectivity index (χ2v) is 0.971. The van der Waals surface area contributed by atoms with Gasteiger partial charge in [0, 0.05) is 0 Å². The van der Waals surface area contributed by atoms with E-state index < -0.39 is 11.9 Å². The number of aldehydes is 1. The van der Waals surface area contributed by atoms with Gasteiger partial charge in [-0.1, -0.05) is 0 Å². The van der Waals surface area contributed by atoms with Gasteiger partial charge < -0.3 is 5.73 Å². The van der Waals surface area contributed by atoms with Crippen LogP contribution in [0.5, 0.6) is 0 Å². The highest BCUT2D eigenvalue weighted by molar-refractivity contribution is 6.27. The molecular weight excluding hydrogens is 112 g/mol. The molecule has 0 aromatic carbocycles. The van der Waals surface area contributed by atoms with Crippen LogP contribution in [0.25, 0.3) is 0 Å². The molecule has 8 heavy (non-hydrogen) atoms. The first-order valence-corrected chi connectivity index (χ1v) is 1.72. The van der Waals surface area contributed by atoms with Gasteiger partial charge in [0.15, 0.2) is 0 Å². The van der Waals surface area contributed by atoms with Gasteiger partial charge in [-0.05, 0) is 0 Å². The number of hydrogen-bond acceptors (Lipinski definition) is 3. The highest BCUT2D eigenvalue weighted by atomic mass is 16.2. The van der Waals surface area contributed by atoms with Crippen LogP contribution in [0.2, 0.25) is 0 Å². The number of carbonyl (C=O) groups excluding carboxylic acids is 3. The van der Waals surface area contributed by atoms with E-state index in [9.17, 15) is 14.4 Å². The number of primary amides is 1. The smallest absolute Gasteiger partial charge is 0.319 e. The fourth-order valence-electron chi connectivity index (χ4n) is 0.151. The fourth-order valence-corrected chi connectivity index (χ4v) is 0.151. The molecule has 3 amide bonds. The summed E-state index contributed by atoms with van der Waals surface area (Å²) >= 11 is 0. The lowest BCUT2D eigenvalue weighted by atomic mass is 10.7. The Kier molecular flexibility index (Phi) is 2.25. The Morgan fingerprint density at radius 3 is 2.12 bits per heavy atom. The van der Waals surface area contributed by atoms with Gasteiger partial charge in [0.1, 0.15) is 0 Å². The summed E-state index contributed by atoms with van der Waals surface area (Å²) < 4.78 is 0. The van der Waals surface area contributed by atoms with E-state index in [-0.39, 0.29) is 6.29 Å². The summed E-state index contributed by atoms with van der Waals surface area (Å²) in [5.74, 6) is -1.03. The summed E-state index contributed by atoms with van der Waals surface area (Å²) in [6.07, 6.45) is -0.0369. The van der Waals surface area contributed by atoms with Gasteiger partial charge in [-0.3, -0.25) is 14.9 Å². The molecule has 0 aromatic rings. The van der Waals surface area contributed by atoms with E-state index in [0.29, 0.717) is 0 Å². The Morgan fingerprint density at radius 1 is 1.50 bits per heavy atom. The molecule has 0 radical (unpaired) electrons. The number of hydrogen-bond donors (Lipinski definition) is 2. The first-order valence-electron chi connectivity index (χ1n) is 1.72. The van der Waals surface area contributed by atoms with Gasteiger partial charge in [0.2, 0.25) is 6.29 Å². The molecular formula is C3H4N2O3. The van der Waals surface area contributed by atoms with Gasteiger partial charge >= 0.3 is 6.03 Å². The van der Waals surface area contributed by atoms with Crippen LogP contribution < -0.4 is 11.1 Å². The molecule has 3 N–H and O–H groups in total. The zero-order valence-electron chi connectivity index (χ0n) is 3.88. The molecule has 5 heteroatoms. The van der Waals surface area contributed by atoms with Crippen LogP contribution in [-0.4, -0.2) is 18.2 Å². The first-order chi connectivity index (χ1) is 3.66. The summed E-state index contributed by atoms with van der Waals surface area (Å²) in [7, 11) is 0. The summed E-state index contributed by atoms with van der Waals surface area (Å²) in [5.41, 5.74) is 4.44. The van der Waals surface area contributed by atoms with Crippen molar-refractivity contribution in [1.82, 2.24) is 5.32 Å². The second-order valence-electron chi connectivity index (χ2n) is 0.971. The van der Waals surface area contributed by atoms with Crippen molar-refractivity contribution in [2.75, 3.05) is 0 Å². The Labute approximate surface area is 44.8 Å². The molecule has 44 valence electrons. The maximum absolute atomic E-state index is 9.84. The van der Waals surface area contributed by atoms with E-state index in [4.69, 9.17) is 0 Å². The minimum atomic E-state index is -1.03. The molecule has 0 rings (SSSR count). The van der Waals surface area contributed by atoms with Gasteiger partial charge in [-0.2, -0.15) is 0 Å². The van der Waals surface area contributed by atoms with Crippen molar-refractivity contribution in [2.45, 2.75) is 0 Å². The lowest BCUT2D eigenvalue weighted by molar-refractivity contribution is -0.130. The minimum Gasteiger partial charge on any atom is -0.351 e. The molecule has 0 unspecified atom stereocenters. The lowest BCUT2D eigenvalue weighted by Gasteiger charge is -1.87. The Bertz CT molecular complexity index is 130. The van der Waals surface area contributed by atoms with E-state index in [1.54, 1.807) is 0 Å². The van der Waals surface area contributed by atoms with Crippen molar-refractivity contribution in [3.63, 3.8) is 0 Å². The molecule has 0 fully saturated rings. The first kappa shape index (κ1) is 6.61. The Balaban J connectivity index is 3.55. The van der Waals surface area contributed by atoms with Crippen molar-refractivity contribution in [3.8, 4) is 0 Å². The standard InChI is InChI=1S/C3H4N2O3/c4-3(8)5-2(7)1-6/h1H,(H3,4,5,7,8). The molecule has 0 aliphatic carbocycles. The topological polar surface area (TPSA) is 89.3 Å². The largest absolute Gasteiger partial charge is 0.351 e. The van der Waals surface area contributed by atoms with Crippen LogP contribution >= 0.6 is 0 Å². The third kappa shape index (κ3) is 2.83. The predicted octanol–water partition coefficient (Wildman–Crippen LogP) is -1.62. The summed E-state index contributed by atoms with van der Waals surface area (Å²) in [5, 5.41) is 1.52. The van der Waals surface area contributed by atoms with Crippen LogP contribution in [0.3, 0.4) is 0 Å². The van der Waals surface area contributed by atoms with E-state index in [1.807, 2.05) is 0 Å². The van der Waals surface area contributed by atoms with Crippen LogP contribution in [0.1, 0.15) is 0 Å².